The summed E-state index contributed by atoms with van der Waals surface area (Å²) < 4.78 is 2.63. The van der Waals surface area contributed by atoms with Gasteiger partial charge in [0.15, 0.2) is 10.6 Å². The van der Waals surface area contributed by atoms with E-state index in [0.29, 0.717) is 4.77 Å². The van der Waals surface area contributed by atoms with Gasteiger partial charge in [0.2, 0.25) is 0 Å². The van der Waals surface area contributed by atoms with Crippen molar-refractivity contribution in [2.45, 2.75) is 27.2 Å². The number of nitrogens with zero attached hydrogens (tertiary/aromatic N) is 2. The molecule has 0 aliphatic carbocycles. The van der Waals surface area contributed by atoms with E-state index < -0.39 is 0 Å². The molecule has 0 saturated heterocycles. The van der Waals surface area contributed by atoms with Crippen molar-refractivity contribution in [2.24, 2.45) is 0 Å². The summed E-state index contributed by atoms with van der Waals surface area (Å²) in [5.74, 6) is 0.851. The molecule has 0 aliphatic heterocycles. The largest absolute Gasteiger partial charge is 0.386 e. The Labute approximate surface area is 184 Å². The van der Waals surface area contributed by atoms with Crippen LogP contribution in [-0.4, -0.2) is 21.3 Å². The number of aromatic amines is 1. The molecule has 2 aromatic carbocycles. The Kier molecular flexibility index (Phi) is 8.40. The van der Waals surface area contributed by atoms with Gasteiger partial charge in [-0.15, -0.1) is 12.8 Å². The smallest absolute Gasteiger partial charge is 0.200 e. The second-order valence-corrected chi connectivity index (χ2v) is 7.28. The molecule has 4 nitrogen and oxygen atoms in total. The predicted molar refractivity (Wildman–Crippen MR) is 131 cm³/mol. The van der Waals surface area contributed by atoms with E-state index in [9.17, 15) is 0 Å². The van der Waals surface area contributed by atoms with Gasteiger partial charge in [0, 0.05) is 17.6 Å². The number of hydrogen-bond acceptors (Lipinski definition) is 3. The van der Waals surface area contributed by atoms with Gasteiger partial charge in [0.05, 0.1) is 5.69 Å². The summed E-state index contributed by atoms with van der Waals surface area (Å²) in [5, 5.41) is 13.1. The van der Waals surface area contributed by atoms with Gasteiger partial charge in [-0.3, -0.25) is 9.67 Å². The van der Waals surface area contributed by atoms with Gasteiger partial charge in [0.1, 0.15) is 0 Å². The number of allylic oxidation sites excluding steroid dienone is 4. The number of rotatable bonds is 7. The molecule has 3 rings (SSSR count). The molecule has 0 unspecified atom stereocenters. The molecule has 3 aromatic rings. The van der Waals surface area contributed by atoms with Crippen molar-refractivity contribution < 1.29 is 0 Å². The molecule has 30 heavy (non-hydrogen) atoms. The molecule has 0 bridgehead atoms. The number of terminal acetylenes is 1. The van der Waals surface area contributed by atoms with Crippen LogP contribution in [0.2, 0.25) is 0 Å². The standard InChI is InChI=1S/C23H26N4S.C2H2/c1-5-18(15-17(4)13-14-24-16(2)3)22-25-26-23(28)27(22)21-12-8-10-19-9-6-7-11-20(19)21;1-2/h5-13,24H,2,14-15H2,1,3-4H3,(H,26,28);1-2H/b17-13-,18-5+;. The lowest BCUT2D eigenvalue weighted by Crippen LogP contribution is -2.09. The van der Waals surface area contributed by atoms with E-state index in [-0.39, 0.29) is 0 Å². The van der Waals surface area contributed by atoms with Crippen molar-refractivity contribution in [3.8, 4) is 18.5 Å². The summed E-state index contributed by atoms with van der Waals surface area (Å²) >= 11 is 5.58. The van der Waals surface area contributed by atoms with E-state index >= 15 is 0 Å². The lowest BCUT2D eigenvalue weighted by Gasteiger charge is -2.13. The summed E-state index contributed by atoms with van der Waals surface area (Å²) in [4.78, 5) is 0. The van der Waals surface area contributed by atoms with Crippen molar-refractivity contribution in [1.29, 1.82) is 0 Å². The Morgan fingerprint density at radius 3 is 2.60 bits per heavy atom. The van der Waals surface area contributed by atoms with Gasteiger partial charge in [0.25, 0.3) is 0 Å². The molecule has 0 radical (unpaired) electrons. The van der Waals surface area contributed by atoms with E-state index in [1.807, 2.05) is 30.5 Å². The van der Waals surface area contributed by atoms with Gasteiger partial charge in [-0.05, 0) is 56.4 Å². The molecule has 0 saturated carbocycles. The summed E-state index contributed by atoms with van der Waals surface area (Å²) in [6, 6.07) is 14.6. The van der Waals surface area contributed by atoms with Crippen LogP contribution in [0, 0.1) is 17.6 Å². The number of aromatic nitrogens is 3. The fraction of sp³-hybridized carbons (Fsp3) is 0.200. The van der Waals surface area contributed by atoms with Gasteiger partial charge in [-0.2, -0.15) is 5.10 Å². The normalized spacial score (nSPS) is 11.6. The van der Waals surface area contributed by atoms with Gasteiger partial charge in [-0.1, -0.05) is 60.7 Å². The minimum absolute atomic E-state index is 0.594. The maximum absolute atomic E-state index is 5.58. The number of H-pyrrole nitrogens is 1. The molecular formula is C25H28N4S. The highest BCUT2D eigenvalue weighted by Crippen LogP contribution is 2.28. The highest BCUT2D eigenvalue weighted by Gasteiger charge is 2.15. The van der Waals surface area contributed by atoms with Crippen LogP contribution in [0.3, 0.4) is 0 Å². The molecular weight excluding hydrogens is 388 g/mol. The van der Waals surface area contributed by atoms with E-state index in [1.165, 1.54) is 11.0 Å². The van der Waals surface area contributed by atoms with Crippen molar-refractivity contribution in [1.82, 2.24) is 20.1 Å². The number of nitrogens with one attached hydrogen (secondary N) is 2. The first-order valence-electron chi connectivity index (χ1n) is 9.70. The van der Waals surface area contributed by atoms with Gasteiger partial charge in [-0.25, -0.2) is 0 Å². The second kappa shape index (κ2) is 11.0. The molecule has 154 valence electrons. The third-order valence-electron chi connectivity index (χ3n) is 4.64. The summed E-state index contributed by atoms with van der Waals surface area (Å²) in [6.45, 7) is 10.8. The van der Waals surface area contributed by atoms with Gasteiger partial charge >= 0.3 is 0 Å². The minimum Gasteiger partial charge on any atom is -0.386 e. The number of benzene rings is 2. The summed E-state index contributed by atoms with van der Waals surface area (Å²) in [7, 11) is 0. The first kappa shape index (κ1) is 22.9. The molecule has 0 amide bonds. The highest BCUT2D eigenvalue weighted by molar-refractivity contribution is 7.71. The van der Waals surface area contributed by atoms with Crippen LogP contribution in [0.1, 0.15) is 33.0 Å². The molecule has 2 N–H and O–H groups in total. The van der Waals surface area contributed by atoms with Crippen LogP contribution in [0.4, 0.5) is 0 Å². The van der Waals surface area contributed by atoms with Crippen LogP contribution < -0.4 is 5.32 Å². The first-order chi connectivity index (χ1) is 14.5. The molecule has 0 fully saturated rings. The Morgan fingerprint density at radius 2 is 1.90 bits per heavy atom. The van der Waals surface area contributed by atoms with E-state index in [4.69, 9.17) is 12.2 Å². The molecule has 5 heteroatoms. The summed E-state index contributed by atoms with van der Waals surface area (Å²) in [5.41, 5.74) is 4.40. The van der Waals surface area contributed by atoms with Crippen molar-refractivity contribution in [3.05, 3.63) is 83.1 Å². The molecule has 1 heterocycles. The first-order valence-corrected chi connectivity index (χ1v) is 10.1. The van der Waals surface area contributed by atoms with Crippen LogP contribution >= 0.6 is 12.2 Å². The lowest BCUT2D eigenvalue weighted by molar-refractivity contribution is 0.900. The van der Waals surface area contributed by atoms with E-state index in [2.05, 4.69) is 84.3 Å². The number of fused-ring (bicyclic) bond motifs is 1. The predicted octanol–water partition coefficient (Wildman–Crippen LogP) is 6.20. The fourth-order valence-corrected chi connectivity index (χ4v) is 3.45. The fourth-order valence-electron chi connectivity index (χ4n) is 3.22. The Hall–Kier alpha value is -3.36. The maximum Gasteiger partial charge on any atom is 0.200 e. The molecule has 0 spiro atoms. The Bertz CT molecular complexity index is 1150. The third-order valence-corrected chi connectivity index (χ3v) is 4.91. The third kappa shape index (κ3) is 5.37. The van der Waals surface area contributed by atoms with Crippen LogP contribution in [0.5, 0.6) is 0 Å². The number of hydrogen-bond donors (Lipinski definition) is 2. The van der Waals surface area contributed by atoms with Crippen molar-refractivity contribution in [3.63, 3.8) is 0 Å². The maximum atomic E-state index is 5.58. The zero-order valence-electron chi connectivity index (χ0n) is 17.8. The monoisotopic (exact) mass is 416 g/mol. The zero-order valence-corrected chi connectivity index (χ0v) is 18.6. The molecule has 1 aromatic heterocycles. The second-order valence-electron chi connectivity index (χ2n) is 6.89. The van der Waals surface area contributed by atoms with Crippen molar-refractivity contribution in [2.75, 3.05) is 6.54 Å². The Morgan fingerprint density at radius 1 is 1.20 bits per heavy atom. The zero-order chi connectivity index (χ0) is 22.1. The molecule has 0 aliphatic rings. The van der Waals surface area contributed by atoms with Crippen LogP contribution in [0.15, 0.2) is 72.5 Å². The average molecular weight is 417 g/mol. The summed E-state index contributed by atoms with van der Waals surface area (Å²) in [6.07, 6.45) is 13.1. The molecule has 0 atom stereocenters. The average Bonchev–Trinajstić information content (AvgIpc) is 3.13. The van der Waals surface area contributed by atoms with Gasteiger partial charge < -0.3 is 5.32 Å². The van der Waals surface area contributed by atoms with E-state index in [1.54, 1.807) is 0 Å². The minimum atomic E-state index is 0.594. The highest BCUT2D eigenvalue weighted by atomic mass is 32.1. The van der Waals surface area contributed by atoms with Crippen LogP contribution in [0.25, 0.3) is 22.0 Å². The van der Waals surface area contributed by atoms with Crippen LogP contribution in [-0.2, 0) is 0 Å². The quantitative estimate of drug-likeness (QED) is 0.274. The van der Waals surface area contributed by atoms with Crippen molar-refractivity contribution >= 4 is 28.6 Å². The SMILES string of the molecule is C#C.C=C(C)NC/C=C(/C)C/C(=C\C)c1n[nH]c(=S)n1-c1cccc2ccccc12. The topological polar surface area (TPSA) is 45.6 Å². The Balaban J connectivity index is 0.00000155. The lowest BCUT2D eigenvalue weighted by atomic mass is 10.0. The van der Waals surface area contributed by atoms with E-state index in [0.717, 1.165) is 41.1 Å².